The van der Waals surface area contributed by atoms with E-state index in [1.165, 1.54) is 5.56 Å². The minimum absolute atomic E-state index is 0.0981. The Morgan fingerprint density at radius 3 is 2.53 bits per heavy atom. The fourth-order valence-corrected chi connectivity index (χ4v) is 3.37. The maximum Gasteiger partial charge on any atom is 0.256 e. The molecule has 0 saturated heterocycles. The van der Waals surface area contributed by atoms with Gasteiger partial charge in [0.25, 0.3) is 5.91 Å². The second-order valence-electron chi connectivity index (χ2n) is 8.08. The molecule has 1 atom stereocenters. The van der Waals surface area contributed by atoms with E-state index in [4.69, 9.17) is 5.73 Å². The van der Waals surface area contributed by atoms with Crippen LogP contribution in [0.15, 0.2) is 30.5 Å². The first-order valence-corrected chi connectivity index (χ1v) is 11.2. The van der Waals surface area contributed by atoms with Crippen LogP contribution in [0.3, 0.4) is 0 Å². The van der Waals surface area contributed by atoms with Crippen molar-refractivity contribution >= 4 is 23.6 Å². The fourth-order valence-electron chi connectivity index (χ4n) is 3.37. The summed E-state index contributed by atoms with van der Waals surface area (Å²) < 4.78 is 0. The number of aromatic nitrogens is 2. The average molecular weight is 440 g/mol. The van der Waals surface area contributed by atoms with Crippen LogP contribution in [0.1, 0.15) is 53.6 Å². The van der Waals surface area contributed by atoms with Gasteiger partial charge in [0.2, 0.25) is 11.9 Å². The minimum Gasteiger partial charge on any atom is -0.369 e. The van der Waals surface area contributed by atoms with E-state index in [1.54, 1.807) is 6.20 Å². The van der Waals surface area contributed by atoms with E-state index in [2.05, 4.69) is 31.2 Å². The van der Waals surface area contributed by atoms with Gasteiger partial charge in [-0.2, -0.15) is 4.98 Å². The smallest absolute Gasteiger partial charge is 0.256 e. The molecular weight excluding hydrogens is 406 g/mol. The molecule has 6 N–H and O–H groups in total. The maximum atomic E-state index is 12.8. The van der Waals surface area contributed by atoms with Crippen molar-refractivity contribution in [3.05, 3.63) is 47.2 Å². The highest BCUT2D eigenvalue weighted by atomic mass is 16.2. The van der Waals surface area contributed by atoms with Gasteiger partial charge in [-0.25, -0.2) is 4.98 Å². The van der Waals surface area contributed by atoms with Crippen molar-refractivity contribution in [1.29, 1.82) is 0 Å². The molecule has 9 nitrogen and oxygen atoms in total. The van der Waals surface area contributed by atoms with Crippen molar-refractivity contribution in [2.24, 2.45) is 5.73 Å². The number of carbonyl (C=O) groups excluding carboxylic acids is 2. The maximum absolute atomic E-state index is 12.8. The summed E-state index contributed by atoms with van der Waals surface area (Å²) in [5.41, 5.74) is 8.58. The first-order chi connectivity index (χ1) is 15.5. The standard InChI is InChI=1S/C23H33N7O2/c1-16-7-9-17(10-8-16)14-28-21(31)18-15-29-23-27-13-5-4-12-26-22(32)19(24)6-2-3-11-25-20(18)30-23/h7-10,15,19H,2-6,11-14,24H2,1H3,(H,26,32)(H,28,31)(H2,25,27,29,30)/t19-/m0/s1. The minimum atomic E-state index is -0.491. The molecule has 1 aliphatic rings. The number of hydrogen-bond acceptors (Lipinski definition) is 7. The second kappa shape index (κ2) is 12.0. The summed E-state index contributed by atoms with van der Waals surface area (Å²) in [5.74, 6) is 0.644. The van der Waals surface area contributed by atoms with Crippen LogP contribution in [-0.4, -0.2) is 47.5 Å². The molecule has 172 valence electrons. The molecule has 0 fully saturated rings. The predicted molar refractivity (Wildman–Crippen MR) is 125 cm³/mol. The van der Waals surface area contributed by atoms with Crippen LogP contribution in [0, 0.1) is 6.92 Å². The molecule has 9 heteroatoms. The highest BCUT2D eigenvalue weighted by Gasteiger charge is 2.16. The fraction of sp³-hybridized carbons (Fsp3) is 0.478. The quantitative estimate of drug-likeness (QED) is 0.493. The summed E-state index contributed by atoms with van der Waals surface area (Å²) in [6.45, 7) is 4.34. The molecule has 1 aromatic carbocycles. The van der Waals surface area contributed by atoms with Gasteiger partial charge in [0.15, 0.2) is 0 Å². The van der Waals surface area contributed by atoms with Gasteiger partial charge in [-0.3, -0.25) is 9.59 Å². The highest BCUT2D eigenvalue weighted by molar-refractivity contribution is 5.98. The van der Waals surface area contributed by atoms with Gasteiger partial charge in [-0.1, -0.05) is 29.8 Å². The second-order valence-corrected chi connectivity index (χ2v) is 8.08. The van der Waals surface area contributed by atoms with Gasteiger partial charge in [0.1, 0.15) is 11.4 Å². The lowest BCUT2D eigenvalue weighted by Crippen LogP contribution is -2.41. The lowest BCUT2D eigenvalue weighted by Gasteiger charge is -2.15. The van der Waals surface area contributed by atoms with Gasteiger partial charge in [-0.05, 0) is 44.6 Å². The number of carbonyl (C=O) groups is 2. The van der Waals surface area contributed by atoms with Gasteiger partial charge in [0, 0.05) is 32.4 Å². The monoisotopic (exact) mass is 439 g/mol. The molecule has 0 saturated carbocycles. The van der Waals surface area contributed by atoms with Crippen molar-refractivity contribution in [2.45, 2.75) is 51.6 Å². The van der Waals surface area contributed by atoms with E-state index < -0.39 is 6.04 Å². The van der Waals surface area contributed by atoms with Crippen LogP contribution in [0.4, 0.5) is 11.8 Å². The van der Waals surface area contributed by atoms with Crippen LogP contribution in [-0.2, 0) is 11.3 Å². The number of hydrogen-bond donors (Lipinski definition) is 5. The number of nitrogens with zero attached hydrogens (tertiary/aromatic N) is 2. The van der Waals surface area contributed by atoms with E-state index in [9.17, 15) is 9.59 Å². The Bertz CT molecular complexity index is 902. The molecular formula is C23H33N7O2. The van der Waals surface area contributed by atoms with Crippen molar-refractivity contribution < 1.29 is 9.59 Å². The summed E-state index contributed by atoms with van der Waals surface area (Å²) in [5, 5.41) is 12.3. The third-order valence-corrected chi connectivity index (χ3v) is 5.36. The molecule has 1 aromatic heterocycles. The Kier molecular flexibility index (Phi) is 8.79. The van der Waals surface area contributed by atoms with Crippen LogP contribution in [0.25, 0.3) is 0 Å². The highest BCUT2D eigenvalue weighted by Crippen LogP contribution is 2.15. The van der Waals surface area contributed by atoms with E-state index in [0.29, 0.717) is 49.9 Å². The molecule has 0 aliphatic carbocycles. The van der Waals surface area contributed by atoms with Crippen LogP contribution >= 0.6 is 0 Å². The normalized spacial score (nSPS) is 18.1. The van der Waals surface area contributed by atoms with Gasteiger partial charge in [0.05, 0.1) is 6.04 Å². The molecule has 2 heterocycles. The molecule has 0 radical (unpaired) electrons. The van der Waals surface area contributed by atoms with Gasteiger partial charge < -0.3 is 27.0 Å². The number of nitrogens with two attached hydrogens (primary N) is 1. The molecule has 0 spiro atoms. The van der Waals surface area contributed by atoms with Crippen LogP contribution < -0.4 is 27.0 Å². The number of amides is 2. The lowest BCUT2D eigenvalue weighted by molar-refractivity contribution is -0.122. The molecule has 2 bridgehead atoms. The number of aryl methyl sites for hydroxylation is 1. The Morgan fingerprint density at radius 2 is 1.75 bits per heavy atom. The van der Waals surface area contributed by atoms with Crippen molar-refractivity contribution in [3.63, 3.8) is 0 Å². The van der Waals surface area contributed by atoms with E-state index in [1.807, 2.05) is 31.2 Å². The first kappa shape index (κ1) is 23.5. The van der Waals surface area contributed by atoms with E-state index >= 15 is 0 Å². The SMILES string of the molecule is Cc1ccc(CNC(=O)c2cnc3nc2NCCCC[C@H](N)C(=O)NCCCCN3)cc1. The van der Waals surface area contributed by atoms with Crippen LogP contribution in [0.2, 0.25) is 0 Å². The summed E-state index contributed by atoms with van der Waals surface area (Å²) in [7, 11) is 0. The van der Waals surface area contributed by atoms with Crippen LogP contribution in [0.5, 0.6) is 0 Å². The Balaban J connectivity index is 1.66. The Hall–Kier alpha value is -3.20. The third-order valence-electron chi connectivity index (χ3n) is 5.36. The third kappa shape index (κ3) is 7.19. The summed E-state index contributed by atoms with van der Waals surface area (Å²) >= 11 is 0. The molecule has 0 unspecified atom stereocenters. The molecule has 1 aliphatic heterocycles. The zero-order valence-corrected chi connectivity index (χ0v) is 18.6. The van der Waals surface area contributed by atoms with Crippen molar-refractivity contribution in [2.75, 3.05) is 30.3 Å². The van der Waals surface area contributed by atoms with Gasteiger partial charge in [-0.15, -0.1) is 0 Å². The summed E-state index contributed by atoms with van der Waals surface area (Å²) in [4.78, 5) is 33.7. The topological polar surface area (TPSA) is 134 Å². The number of benzene rings is 1. The number of nitrogens with one attached hydrogen (secondary N) is 4. The van der Waals surface area contributed by atoms with E-state index in [-0.39, 0.29) is 11.8 Å². The largest absolute Gasteiger partial charge is 0.369 e. The Morgan fingerprint density at radius 1 is 1.06 bits per heavy atom. The summed E-state index contributed by atoms with van der Waals surface area (Å²) in [6.07, 6.45) is 5.46. The van der Waals surface area contributed by atoms with E-state index in [0.717, 1.165) is 31.2 Å². The number of anilines is 2. The van der Waals surface area contributed by atoms with Crippen molar-refractivity contribution in [1.82, 2.24) is 20.6 Å². The number of rotatable bonds is 3. The molecule has 32 heavy (non-hydrogen) atoms. The average Bonchev–Trinajstić information content (AvgIpc) is 2.79. The lowest BCUT2D eigenvalue weighted by atomic mass is 10.1. The van der Waals surface area contributed by atoms with Gasteiger partial charge >= 0.3 is 0 Å². The van der Waals surface area contributed by atoms with Crippen molar-refractivity contribution in [3.8, 4) is 0 Å². The predicted octanol–water partition coefficient (Wildman–Crippen LogP) is 1.95. The molecule has 2 aromatic rings. The summed E-state index contributed by atoms with van der Waals surface area (Å²) in [6, 6.07) is 7.55. The zero-order chi connectivity index (χ0) is 22.8. The molecule has 3 rings (SSSR count). The zero-order valence-electron chi connectivity index (χ0n) is 18.6. The Labute approximate surface area is 189 Å². The molecule has 2 amide bonds. The number of fused-ring (bicyclic) bond motifs is 2. The first-order valence-electron chi connectivity index (χ1n) is 11.2.